The Morgan fingerprint density at radius 1 is 1.20 bits per heavy atom. The minimum absolute atomic E-state index is 0.0429. The lowest BCUT2D eigenvalue weighted by Crippen LogP contribution is -2.48. The van der Waals surface area contributed by atoms with Crippen molar-refractivity contribution in [2.45, 2.75) is 24.8 Å². The summed E-state index contributed by atoms with van der Waals surface area (Å²) in [6, 6.07) is 11.0. The maximum absolute atomic E-state index is 12.9. The van der Waals surface area contributed by atoms with Gasteiger partial charge in [0.05, 0.1) is 6.04 Å². The lowest BCUT2D eigenvalue weighted by Gasteiger charge is -2.34. The third-order valence-corrected chi connectivity index (χ3v) is 5.08. The molecule has 1 aromatic heterocycles. The smallest absolute Gasteiger partial charge is 0.254 e. The maximum Gasteiger partial charge on any atom is 0.254 e. The first-order valence-electron chi connectivity index (χ1n) is 8.62. The first-order chi connectivity index (χ1) is 12.1. The maximum atomic E-state index is 12.9. The molecule has 4 rings (SSSR count). The van der Waals surface area contributed by atoms with Crippen molar-refractivity contribution in [3.8, 4) is 0 Å². The van der Waals surface area contributed by atoms with Crippen molar-refractivity contribution < 1.29 is 4.79 Å². The third kappa shape index (κ3) is 3.62. The van der Waals surface area contributed by atoms with Gasteiger partial charge in [-0.2, -0.15) is 0 Å². The number of hydrogen-bond acceptors (Lipinski definition) is 3. The van der Waals surface area contributed by atoms with Gasteiger partial charge in [0.15, 0.2) is 0 Å². The van der Waals surface area contributed by atoms with Crippen LogP contribution < -0.4 is 10.9 Å². The molecule has 0 spiro atoms. The summed E-state index contributed by atoms with van der Waals surface area (Å²) in [4.78, 5) is 29.5. The zero-order valence-electron chi connectivity index (χ0n) is 13.8. The van der Waals surface area contributed by atoms with Crippen LogP contribution in [-0.4, -0.2) is 35.4 Å². The SMILES string of the molecule is O=C(c1cc(C2CC2)[nH]c(=O)c1)N1CCNC(c2cccc(Cl)c2)C1. The molecular weight excluding hydrogens is 338 g/mol. The van der Waals surface area contributed by atoms with Crippen LogP contribution in [0.15, 0.2) is 41.2 Å². The van der Waals surface area contributed by atoms with Crippen molar-refractivity contribution in [2.75, 3.05) is 19.6 Å². The van der Waals surface area contributed by atoms with Crippen molar-refractivity contribution in [3.05, 3.63) is 68.6 Å². The first-order valence-corrected chi connectivity index (χ1v) is 9.00. The number of hydrogen-bond donors (Lipinski definition) is 2. The Morgan fingerprint density at radius 3 is 2.80 bits per heavy atom. The van der Waals surface area contributed by atoms with Crippen LogP contribution >= 0.6 is 11.6 Å². The van der Waals surface area contributed by atoms with Crippen molar-refractivity contribution in [3.63, 3.8) is 0 Å². The topological polar surface area (TPSA) is 65.2 Å². The largest absolute Gasteiger partial charge is 0.335 e. The molecule has 6 heteroatoms. The lowest BCUT2D eigenvalue weighted by atomic mass is 10.0. The molecule has 2 fully saturated rings. The Bertz CT molecular complexity index is 860. The number of carbonyl (C=O) groups is 1. The van der Waals surface area contributed by atoms with Crippen molar-refractivity contribution in [1.82, 2.24) is 15.2 Å². The molecule has 1 atom stereocenters. The Morgan fingerprint density at radius 2 is 2.04 bits per heavy atom. The van der Waals surface area contributed by atoms with E-state index in [4.69, 9.17) is 11.6 Å². The third-order valence-electron chi connectivity index (χ3n) is 4.84. The first kappa shape index (κ1) is 16.4. The molecule has 1 aliphatic carbocycles. The van der Waals surface area contributed by atoms with Gasteiger partial charge in [-0.15, -0.1) is 0 Å². The van der Waals surface area contributed by atoms with Crippen molar-refractivity contribution >= 4 is 17.5 Å². The monoisotopic (exact) mass is 357 g/mol. The predicted octanol–water partition coefficient (Wildman–Crippen LogP) is 2.69. The van der Waals surface area contributed by atoms with Crippen LogP contribution in [0.4, 0.5) is 0 Å². The minimum Gasteiger partial charge on any atom is -0.335 e. The van der Waals surface area contributed by atoms with E-state index in [1.165, 1.54) is 6.07 Å². The molecule has 1 aromatic carbocycles. The molecule has 0 radical (unpaired) electrons. The van der Waals surface area contributed by atoms with E-state index in [0.29, 0.717) is 36.1 Å². The number of pyridine rings is 1. The van der Waals surface area contributed by atoms with E-state index >= 15 is 0 Å². The summed E-state index contributed by atoms with van der Waals surface area (Å²) in [7, 11) is 0. The van der Waals surface area contributed by atoms with E-state index in [1.807, 2.05) is 35.2 Å². The second-order valence-corrected chi connectivity index (χ2v) is 7.21. The van der Waals surface area contributed by atoms with Gasteiger partial charge in [-0.3, -0.25) is 9.59 Å². The number of nitrogens with zero attached hydrogens (tertiary/aromatic N) is 1. The number of benzene rings is 1. The van der Waals surface area contributed by atoms with Crippen LogP contribution in [0.1, 0.15) is 46.4 Å². The summed E-state index contributed by atoms with van der Waals surface area (Å²) < 4.78 is 0. The fraction of sp³-hybridized carbons (Fsp3) is 0.368. The normalized spacial score (nSPS) is 20.5. The highest BCUT2D eigenvalue weighted by atomic mass is 35.5. The molecule has 130 valence electrons. The molecule has 1 saturated heterocycles. The number of H-pyrrole nitrogens is 1. The summed E-state index contributed by atoms with van der Waals surface area (Å²) in [6.07, 6.45) is 2.16. The number of nitrogens with one attached hydrogen (secondary N) is 2. The highest BCUT2D eigenvalue weighted by Gasteiger charge is 2.28. The van der Waals surface area contributed by atoms with Crippen molar-refractivity contribution in [2.24, 2.45) is 0 Å². The van der Waals surface area contributed by atoms with Gasteiger partial charge in [0.1, 0.15) is 0 Å². The Labute approximate surface area is 151 Å². The summed E-state index contributed by atoms with van der Waals surface area (Å²) in [5.74, 6) is 0.323. The standard InChI is InChI=1S/C19H20ClN3O2/c20-15-3-1-2-13(8-15)17-11-23(7-6-21-17)19(25)14-9-16(12-4-5-12)22-18(24)10-14/h1-3,8-10,12,17,21H,4-7,11H2,(H,22,24). The number of rotatable bonds is 3. The predicted molar refractivity (Wildman–Crippen MR) is 97.1 cm³/mol. The zero-order chi connectivity index (χ0) is 17.4. The van der Waals surface area contributed by atoms with Crippen LogP contribution in [0.25, 0.3) is 0 Å². The van der Waals surface area contributed by atoms with Crippen molar-refractivity contribution in [1.29, 1.82) is 0 Å². The van der Waals surface area contributed by atoms with Gasteiger partial charge in [0.25, 0.3) is 5.91 Å². The average molecular weight is 358 g/mol. The molecule has 2 aliphatic rings. The number of piperazine rings is 1. The quantitative estimate of drug-likeness (QED) is 0.887. The second kappa shape index (κ2) is 6.65. The number of aromatic nitrogens is 1. The van der Waals surface area contributed by atoms with E-state index in [0.717, 1.165) is 24.1 Å². The van der Waals surface area contributed by atoms with Crippen LogP contribution in [-0.2, 0) is 0 Å². The van der Waals surface area contributed by atoms with Crippen LogP contribution in [0.3, 0.4) is 0 Å². The second-order valence-electron chi connectivity index (χ2n) is 6.78. The Hall–Kier alpha value is -2.11. The molecule has 2 aromatic rings. The minimum atomic E-state index is -0.200. The highest BCUT2D eigenvalue weighted by Crippen LogP contribution is 2.38. The molecule has 2 heterocycles. The molecule has 2 N–H and O–H groups in total. The average Bonchev–Trinajstić information content (AvgIpc) is 3.46. The number of amides is 1. The molecular formula is C19H20ClN3O2. The van der Waals surface area contributed by atoms with Gasteiger partial charge in [-0.25, -0.2) is 0 Å². The van der Waals surface area contributed by atoms with Crippen LogP contribution in [0.2, 0.25) is 5.02 Å². The van der Waals surface area contributed by atoms with E-state index in [1.54, 1.807) is 0 Å². The van der Waals surface area contributed by atoms with Crippen LogP contribution in [0.5, 0.6) is 0 Å². The summed E-state index contributed by atoms with van der Waals surface area (Å²) in [5.41, 5.74) is 2.23. The molecule has 0 bridgehead atoms. The summed E-state index contributed by atoms with van der Waals surface area (Å²) >= 11 is 6.08. The fourth-order valence-electron chi connectivity index (χ4n) is 3.37. The van der Waals surface area contributed by atoms with E-state index in [2.05, 4.69) is 10.3 Å². The zero-order valence-corrected chi connectivity index (χ0v) is 14.6. The van der Waals surface area contributed by atoms with Crippen LogP contribution in [0, 0.1) is 0 Å². The van der Waals surface area contributed by atoms with Gasteiger partial charge >= 0.3 is 0 Å². The van der Waals surface area contributed by atoms with E-state index in [9.17, 15) is 9.59 Å². The molecule has 25 heavy (non-hydrogen) atoms. The van der Waals surface area contributed by atoms with E-state index < -0.39 is 0 Å². The fourth-order valence-corrected chi connectivity index (χ4v) is 3.56. The molecule has 1 amide bonds. The van der Waals surface area contributed by atoms with Gasteiger partial charge in [0.2, 0.25) is 5.56 Å². The van der Waals surface area contributed by atoms with Gasteiger partial charge in [-0.1, -0.05) is 23.7 Å². The number of aromatic amines is 1. The van der Waals surface area contributed by atoms with Gasteiger partial charge in [0, 0.05) is 42.0 Å². The van der Waals surface area contributed by atoms with E-state index in [-0.39, 0.29) is 17.5 Å². The number of carbonyl (C=O) groups excluding carboxylic acids is 1. The number of halogens is 1. The Balaban J connectivity index is 1.55. The summed E-state index contributed by atoms with van der Waals surface area (Å²) in [5, 5.41) is 4.12. The molecule has 5 nitrogen and oxygen atoms in total. The lowest BCUT2D eigenvalue weighted by molar-refractivity contribution is 0.0702. The Kier molecular flexibility index (Phi) is 4.36. The molecule has 1 aliphatic heterocycles. The van der Waals surface area contributed by atoms with Gasteiger partial charge in [-0.05, 0) is 42.5 Å². The highest BCUT2D eigenvalue weighted by molar-refractivity contribution is 6.30. The molecule has 1 saturated carbocycles. The molecule has 1 unspecified atom stereocenters. The van der Waals surface area contributed by atoms with Gasteiger partial charge < -0.3 is 15.2 Å². The summed E-state index contributed by atoms with van der Waals surface area (Å²) in [6.45, 7) is 1.90.